The molecular formula is C17H23F2N3O3. The molecule has 2 rings (SSSR count). The number of rotatable bonds is 7. The number of benzene rings is 1. The number of hydrogen-bond donors (Lipinski definition) is 2. The number of piperidine rings is 1. The maximum absolute atomic E-state index is 13.5. The van der Waals surface area contributed by atoms with Crippen LogP contribution in [0.1, 0.15) is 19.8 Å². The van der Waals surface area contributed by atoms with Crippen molar-refractivity contribution in [2.75, 3.05) is 38.0 Å². The molecule has 138 valence electrons. The zero-order valence-corrected chi connectivity index (χ0v) is 14.2. The van der Waals surface area contributed by atoms with Crippen LogP contribution in [0.4, 0.5) is 14.5 Å². The highest BCUT2D eigenvalue weighted by Crippen LogP contribution is 2.18. The van der Waals surface area contributed by atoms with Gasteiger partial charge in [0.2, 0.25) is 5.91 Å². The van der Waals surface area contributed by atoms with E-state index in [1.165, 1.54) is 0 Å². The summed E-state index contributed by atoms with van der Waals surface area (Å²) in [5, 5.41) is 11.3. The molecule has 6 nitrogen and oxygen atoms in total. The van der Waals surface area contributed by atoms with E-state index in [4.69, 9.17) is 5.11 Å². The topological polar surface area (TPSA) is 72.9 Å². The van der Waals surface area contributed by atoms with Crippen LogP contribution in [0.15, 0.2) is 18.2 Å². The molecule has 0 radical (unpaired) electrons. The number of carboxylic acids is 1. The predicted molar refractivity (Wildman–Crippen MR) is 89.3 cm³/mol. The van der Waals surface area contributed by atoms with Crippen molar-refractivity contribution in [3.63, 3.8) is 0 Å². The molecular weight excluding hydrogens is 332 g/mol. The van der Waals surface area contributed by atoms with Gasteiger partial charge in [0, 0.05) is 25.2 Å². The lowest BCUT2D eigenvalue weighted by atomic mass is 10.0. The van der Waals surface area contributed by atoms with Crippen LogP contribution in [0, 0.1) is 11.6 Å². The Morgan fingerprint density at radius 1 is 1.32 bits per heavy atom. The second kappa shape index (κ2) is 8.87. The van der Waals surface area contributed by atoms with E-state index in [0.29, 0.717) is 19.6 Å². The molecule has 25 heavy (non-hydrogen) atoms. The van der Waals surface area contributed by atoms with Crippen LogP contribution in [0.3, 0.4) is 0 Å². The van der Waals surface area contributed by atoms with E-state index >= 15 is 0 Å². The molecule has 8 heteroatoms. The summed E-state index contributed by atoms with van der Waals surface area (Å²) in [7, 11) is 0. The lowest BCUT2D eigenvalue weighted by Crippen LogP contribution is -2.48. The molecule has 0 aromatic heterocycles. The highest BCUT2D eigenvalue weighted by atomic mass is 19.1. The molecule has 1 aliphatic rings. The van der Waals surface area contributed by atoms with Gasteiger partial charge >= 0.3 is 5.97 Å². The smallest absolute Gasteiger partial charge is 0.317 e. The van der Waals surface area contributed by atoms with Gasteiger partial charge in [0.05, 0.1) is 18.8 Å². The molecule has 0 spiro atoms. The summed E-state index contributed by atoms with van der Waals surface area (Å²) in [6.07, 6.45) is 1.53. The molecule has 1 saturated heterocycles. The number of aliphatic carboxylic acids is 1. The monoisotopic (exact) mass is 355 g/mol. The van der Waals surface area contributed by atoms with Gasteiger partial charge in [0.15, 0.2) is 0 Å². The highest BCUT2D eigenvalue weighted by molar-refractivity contribution is 5.92. The lowest BCUT2D eigenvalue weighted by molar-refractivity contribution is -0.139. The number of halogens is 2. The minimum Gasteiger partial charge on any atom is -0.480 e. The molecule has 1 amide bonds. The fourth-order valence-corrected chi connectivity index (χ4v) is 3.10. The van der Waals surface area contributed by atoms with E-state index < -0.39 is 23.5 Å². The first-order chi connectivity index (χ1) is 11.9. The van der Waals surface area contributed by atoms with Crippen LogP contribution >= 0.6 is 0 Å². The Hall–Kier alpha value is -2.06. The fourth-order valence-electron chi connectivity index (χ4n) is 3.10. The van der Waals surface area contributed by atoms with E-state index in [1.54, 1.807) is 0 Å². The summed E-state index contributed by atoms with van der Waals surface area (Å²) < 4.78 is 26.7. The Kier molecular flexibility index (Phi) is 6.83. The number of anilines is 1. The zero-order valence-electron chi connectivity index (χ0n) is 14.2. The number of carboxylic acid groups (broad SMARTS) is 1. The predicted octanol–water partition coefficient (Wildman–Crippen LogP) is 1.77. The molecule has 1 fully saturated rings. The Morgan fingerprint density at radius 2 is 2.00 bits per heavy atom. The Bertz CT molecular complexity index is 619. The number of nitrogens with zero attached hydrogens (tertiary/aromatic N) is 2. The van der Waals surface area contributed by atoms with Crippen LogP contribution < -0.4 is 5.32 Å². The maximum atomic E-state index is 13.5. The van der Waals surface area contributed by atoms with E-state index in [0.717, 1.165) is 31.0 Å². The first-order valence-electron chi connectivity index (χ1n) is 8.32. The molecule has 0 atom stereocenters. The minimum absolute atomic E-state index is 0.0144. The van der Waals surface area contributed by atoms with Gasteiger partial charge in [-0.2, -0.15) is 0 Å². The van der Waals surface area contributed by atoms with Crippen LogP contribution in [0.2, 0.25) is 0 Å². The van der Waals surface area contributed by atoms with Crippen molar-refractivity contribution >= 4 is 17.6 Å². The molecule has 1 aromatic carbocycles. The zero-order chi connectivity index (χ0) is 18.4. The molecule has 1 aromatic rings. The average molecular weight is 355 g/mol. The van der Waals surface area contributed by atoms with E-state index in [1.807, 2.05) is 16.7 Å². The average Bonchev–Trinajstić information content (AvgIpc) is 2.56. The van der Waals surface area contributed by atoms with Crippen LogP contribution in [0.25, 0.3) is 0 Å². The normalized spacial score (nSPS) is 16.2. The molecule has 0 bridgehead atoms. The first-order valence-corrected chi connectivity index (χ1v) is 8.32. The van der Waals surface area contributed by atoms with Gasteiger partial charge in [-0.15, -0.1) is 0 Å². The van der Waals surface area contributed by atoms with Gasteiger partial charge < -0.3 is 10.4 Å². The summed E-state index contributed by atoms with van der Waals surface area (Å²) in [5.74, 6) is -2.54. The number of hydrogen-bond acceptors (Lipinski definition) is 4. The Morgan fingerprint density at radius 3 is 2.60 bits per heavy atom. The van der Waals surface area contributed by atoms with Gasteiger partial charge in [-0.25, -0.2) is 8.78 Å². The van der Waals surface area contributed by atoms with Gasteiger partial charge in [0.1, 0.15) is 11.6 Å². The highest BCUT2D eigenvalue weighted by Gasteiger charge is 2.26. The van der Waals surface area contributed by atoms with Crippen molar-refractivity contribution in [3.8, 4) is 0 Å². The first kappa shape index (κ1) is 19.3. The summed E-state index contributed by atoms with van der Waals surface area (Å²) in [5.41, 5.74) is -0.168. The summed E-state index contributed by atoms with van der Waals surface area (Å²) in [6, 6.07) is 3.09. The summed E-state index contributed by atoms with van der Waals surface area (Å²) >= 11 is 0. The third kappa shape index (κ3) is 5.75. The fraction of sp³-hybridized carbons (Fsp3) is 0.529. The van der Waals surface area contributed by atoms with Gasteiger partial charge in [-0.1, -0.05) is 6.92 Å². The van der Waals surface area contributed by atoms with E-state index in [-0.39, 0.29) is 24.8 Å². The van der Waals surface area contributed by atoms with Gasteiger partial charge in [-0.3, -0.25) is 19.4 Å². The molecule has 2 N–H and O–H groups in total. The molecule has 0 unspecified atom stereocenters. The molecule has 1 heterocycles. The standard InChI is InChI=1S/C17H23F2N3O3/c1-2-22(11-17(24)25)13-5-7-21(8-6-13)10-16(23)20-15-9-12(18)3-4-14(15)19/h3-4,9,13H,2,5-8,10-11H2,1H3,(H,20,23)(H,24,25). The summed E-state index contributed by atoms with van der Waals surface area (Å²) in [4.78, 5) is 26.8. The number of likely N-dealkylation sites (tertiary alicyclic amines) is 1. The van der Waals surface area contributed by atoms with Crippen molar-refractivity contribution in [1.29, 1.82) is 0 Å². The van der Waals surface area contributed by atoms with Crippen molar-refractivity contribution in [2.24, 2.45) is 0 Å². The minimum atomic E-state index is -0.847. The SMILES string of the molecule is CCN(CC(=O)O)C1CCN(CC(=O)Nc2cc(F)ccc2F)CC1. The Balaban J connectivity index is 1.82. The number of amides is 1. The third-order valence-electron chi connectivity index (χ3n) is 4.39. The molecule has 0 aliphatic carbocycles. The summed E-state index contributed by atoms with van der Waals surface area (Å²) in [6.45, 7) is 4.00. The molecule has 1 aliphatic heterocycles. The number of carbonyl (C=O) groups excluding carboxylic acids is 1. The third-order valence-corrected chi connectivity index (χ3v) is 4.39. The number of likely N-dealkylation sites (N-methyl/N-ethyl adjacent to an activating group) is 1. The van der Waals surface area contributed by atoms with Gasteiger partial charge in [-0.05, 0) is 31.5 Å². The maximum Gasteiger partial charge on any atom is 0.317 e. The Labute approximate surface area is 145 Å². The van der Waals surface area contributed by atoms with E-state index in [9.17, 15) is 18.4 Å². The van der Waals surface area contributed by atoms with Crippen molar-refractivity contribution in [1.82, 2.24) is 9.80 Å². The number of carbonyl (C=O) groups is 2. The number of nitrogens with one attached hydrogen (secondary N) is 1. The van der Waals surface area contributed by atoms with Crippen LogP contribution in [0.5, 0.6) is 0 Å². The quantitative estimate of drug-likeness (QED) is 0.780. The van der Waals surface area contributed by atoms with Crippen molar-refractivity contribution < 1.29 is 23.5 Å². The van der Waals surface area contributed by atoms with Gasteiger partial charge in [0.25, 0.3) is 0 Å². The van der Waals surface area contributed by atoms with E-state index in [2.05, 4.69) is 5.32 Å². The van der Waals surface area contributed by atoms with Crippen molar-refractivity contribution in [3.05, 3.63) is 29.8 Å². The van der Waals surface area contributed by atoms with Crippen molar-refractivity contribution in [2.45, 2.75) is 25.8 Å². The van der Waals surface area contributed by atoms with Crippen LogP contribution in [-0.4, -0.2) is 65.5 Å². The second-order valence-electron chi connectivity index (χ2n) is 6.14. The van der Waals surface area contributed by atoms with Crippen LogP contribution in [-0.2, 0) is 9.59 Å². The largest absolute Gasteiger partial charge is 0.480 e. The second-order valence-corrected chi connectivity index (χ2v) is 6.14. The molecule has 0 saturated carbocycles. The lowest BCUT2D eigenvalue weighted by Gasteiger charge is -2.37.